The van der Waals surface area contributed by atoms with Gasteiger partial charge in [-0.15, -0.1) is 0 Å². The highest BCUT2D eigenvalue weighted by molar-refractivity contribution is 7.81. The molecule has 12 heteroatoms. The van der Waals surface area contributed by atoms with E-state index in [4.69, 9.17) is 9.47 Å². The van der Waals surface area contributed by atoms with Gasteiger partial charge in [-0.3, -0.25) is 0 Å². The van der Waals surface area contributed by atoms with Crippen LogP contribution in [0.2, 0.25) is 0 Å². The molecular formula is C17H24F3N5O3S. The number of halogens is 3. The lowest BCUT2D eigenvalue weighted by molar-refractivity contribution is -0.145. The zero-order valence-electron chi connectivity index (χ0n) is 16.3. The number of morpholine rings is 2. The van der Waals surface area contributed by atoms with Crippen LogP contribution in [-0.2, 0) is 26.6 Å². The molecule has 1 aromatic rings. The molecule has 4 saturated heterocycles. The van der Waals surface area contributed by atoms with Gasteiger partial charge in [0.15, 0.2) is 0 Å². The number of hydrogen-bond donors (Lipinski definition) is 0. The van der Waals surface area contributed by atoms with E-state index in [2.05, 4.69) is 9.97 Å². The zero-order valence-corrected chi connectivity index (χ0v) is 17.1. The normalized spacial score (nSPS) is 28.7. The molecule has 2 bridgehead atoms. The van der Waals surface area contributed by atoms with E-state index in [-0.39, 0.29) is 29.9 Å². The lowest BCUT2D eigenvalue weighted by Gasteiger charge is -2.47. The number of piperidine rings is 1. The first-order chi connectivity index (χ1) is 13.7. The average Bonchev–Trinajstić information content (AvgIpc) is 2.66. The van der Waals surface area contributed by atoms with E-state index >= 15 is 0 Å². The van der Waals surface area contributed by atoms with E-state index in [1.165, 1.54) is 0 Å². The third kappa shape index (κ3) is 4.65. The van der Waals surface area contributed by atoms with Crippen LogP contribution in [0.4, 0.5) is 24.8 Å². The number of anilines is 2. The monoisotopic (exact) mass is 435 g/mol. The summed E-state index contributed by atoms with van der Waals surface area (Å²) < 4.78 is 65.0. The number of likely N-dealkylation sites (N-methyl/N-ethyl adjacent to an activating group) is 1. The molecule has 0 radical (unpaired) electrons. The van der Waals surface area contributed by atoms with Crippen LogP contribution in [0.15, 0.2) is 6.07 Å². The van der Waals surface area contributed by atoms with Crippen LogP contribution in [0, 0.1) is 0 Å². The van der Waals surface area contributed by atoms with Gasteiger partial charge in [-0.1, -0.05) is 0 Å². The fraction of sp³-hybridized carbons (Fsp3) is 0.765. The minimum absolute atomic E-state index is 0.0516. The highest BCUT2D eigenvalue weighted by atomic mass is 32.2. The van der Waals surface area contributed by atoms with Gasteiger partial charge in [0.05, 0.1) is 35.9 Å². The van der Waals surface area contributed by atoms with E-state index in [1.54, 1.807) is 28.6 Å². The second-order valence-electron chi connectivity index (χ2n) is 7.61. The first kappa shape index (κ1) is 20.8. The SMILES string of the molecule is CN(CC1CN(S(C)=O)CCO1)c1cc(N2CC3CC(C2)O3)nc(C(F)(F)F)n1. The molecule has 29 heavy (non-hydrogen) atoms. The van der Waals surface area contributed by atoms with Crippen molar-refractivity contribution in [2.75, 3.05) is 62.4 Å². The predicted octanol–water partition coefficient (Wildman–Crippen LogP) is 0.903. The van der Waals surface area contributed by atoms with Gasteiger partial charge in [-0.05, 0) is 0 Å². The topological polar surface area (TPSA) is 71.0 Å². The summed E-state index contributed by atoms with van der Waals surface area (Å²) in [4.78, 5) is 11.0. The summed E-state index contributed by atoms with van der Waals surface area (Å²) in [6, 6.07) is 1.58. The average molecular weight is 435 g/mol. The minimum atomic E-state index is -4.64. The lowest BCUT2D eigenvalue weighted by Crippen LogP contribution is -2.57. The van der Waals surface area contributed by atoms with Gasteiger partial charge in [0.2, 0.25) is 5.82 Å². The molecule has 0 amide bonds. The number of ether oxygens (including phenoxy) is 2. The quantitative estimate of drug-likeness (QED) is 0.681. The Morgan fingerprint density at radius 1 is 1.28 bits per heavy atom. The van der Waals surface area contributed by atoms with E-state index in [9.17, 15) is 17.4 Å². The Balaban J connectivity index is 1.53. The van der Waals surface area contributed by atoms with E-state index < -0.39 is 23.0 Å². The van der Waals surface area contributed by atoms with Crippen LogP contribution >= 0.6 is 0 Å². The van der Waals surface area contributed by atoms with Gasteiger partial charge in [0.25, 0.3) is 0 Å². The van der Waals surface area contributed by atoms with Gasteiger partial charge in [-0.2, -0.15) is 13.2 Å². The molecule has 1 aromatic heterocycles. The van der Waals surface area contributed by atoms with Gasteiger partial charge in [0.1, 0.15) is 11.6 Å². The molecular weight excluding hydrogens is 411 g/mol. The summed E-state index contributed by atoms with van der Waals surface area (Å²) in [5, 5.41) is 0. The molecule has 4 fully saturated rings. The zero-order chi connectivity index (χ0) is 20.8. The summed E-state index contributed by atoms with van der Waals surface area (Å²) in [6.45, 7) is 2.82. The first-order valence-electron chi connectivity index (χ1n) is 9.47. The largest absolute Gasteiger partial charge is 0.451 e. The Kier molecular flexibility index (Phi) is 5.70. The molecule has 0 N–H and O–H groups in total. The van der Waals surface area contributed by atoms with Crippen LogP contribution in [-0.4, -0.2) is 89.4 Å². The Labute approximate surface area is 169 Å². The van der Waals surface area contributed by atoms with Crippen LogP contribution in [0.5, 0.6) is 0 Å². The molecule has 8 nitrogen and oxygen atoms in total. The fourth-order valence-electron chi connectivity index (χ4n) is 3.88. The van der Waals surface area contributed by atoms with Crippen molar-refractivity contribution in [1.29, 1.82) is 0 Å². The Morgan fingerprint density at radius 2 is 1.97 bits per heavy atom. The van der Waals surface area contributed by atoms with Crippen LogP contribution in [0.25, 0.3) is 0 Å². The maximum atomic E-state index is 13.4. The van der Waals surface area contributed by atoms with Crippen molar-refractivity contribution >= 4 is 22.6 Å². The van der Waals surface area contributed by atoms with Gasteiger partial charge in [-0.25, -0.2) is 18.5 Å². The molecule has 4 atom stereocenters. The van der Waals surface area contributed by atoms with E-state index in [1.807, 2.05) is 4.90 Å². The predicted molar refractivity (Wildman–Crippen MR) is 101 cm³/mol. The number of hydrogen-bond acceptors (Lipinski definition) is 7. The first-order valence-corrected chi connectivity index (χ1v) is 11.0. The highest BCUT2D eigenvalue weighted by Crippen LogP contribution is 2.34. The minimum Gasteiger partial charge on any atom is -0.374 e. The molecule has 5 rings (SSSR count). The van der Waals surface area contributed by atoms with E-state index in [0.717, 1.165) is 6.42 Å². The summed E-state index contributed by atoms with van der Waals surface area (Å²) in [5.41, 5.74) is 0. The molecule has 4 unspecified atom stereocenters. The van der Waals surface area contributed by atoms with Crippen LogP contribution < -0.4 is 9.80 Å². The Morgan fingerprint density at radius 3 is 2.59 bits per heavy atom. The maximum absolute atomic E-state index is 13.4. The molecule has 0 saturated carbocycles. The smallest absolute Gasteiger partial charge is 0.374 e. The van der Waals surface area contributed by atoms with E-state index in [0.29, 0.717) is 39.3 Å². The van der Waals surface area contributed by atoms with Crippen molar-refractivity contribution in [3.8, 4) is 0 Å². The summed E-state index contributed by atoms with van der Waals surface area (Å²) in [7, 11) is 0.563. The Bertz CT molecular complexity index is 767. The lowest BCUT2D eigenvalue weighted by atomic mass is 9.99. The molecule has 4 aliphatic heterocycles. The van der Waals surface area contributed by atoms with Crippen molar-refractivity contribution < 1.29 is 26.9 Å². The van der Waals surface area contributed by atoms with Crippen LogP contribution in [0.1, 0.15) is 12.2 Å². The maximum Gasteiger partial charge on any atom is 0.451 e. The van der Waals surface area contributed by atoms with Crippen molar-refractivity contribution in [2.45, 2.75) is 30.9 Å². The van der Waals surface area contributed by atoms with Crippen molar-refractivity contribution in [2.24, 2.45) is 0 Å². The Hall–Kier alpha value is -1.50. The standard InChI is InChI=1S/C17H24F3N5O3S/c1-23(7-13-10-25(29(2)26)3-4-27-13)14-6-15(22-16(21-14)17(18,19)20)24-8-11-5-12(9-24)28-11/h6,11-13H,3-5,7-10H2,1-2H3. The number of fused-ring (bicyclic) bond motifs is 2. The second kappa shape index (κ2) is 7.97. The molecule has 0 aliphatic carbocycles. The van der Waals surface area contributed by atoms with Gasteiger partial charge < -0.3 is 19.3 Å². The van der Waals surface area contributed by atoms with Crippen LogP contribution in [0.3, 0.4) is 0 Å². The molecule has 4 aliphatic rings. The summed E-state index contributed by atoms with van der Waals surface area (Å²) >= 11 is 0. The molecule has 0 aromatic carbocycles. The van der Waals surface area contributed by atoms with Crippen molar-refractivity contribution in [1.82, 2.24) is 14.3 Å². The number of aromatic nitrogens is 2. The summed E-state index contributed by atoms with van der Waals surface area (Å²) in [6.07, 6.45) is -2.27. The molecule has 5 heterocycles. The second-order valence-corrected chi connectivity index (χ2v) is 8.98. The van der Waals surface area contributed by atoms with Gasteiger partial charge in [0, 0.05) is 58.5 Å². The third-order valence-corrected chi connectivity index (χ3v) is 6.43. The number of alkyl halides is 3. The molecule has 0 spiro atoms. The van der Waals surface area contributed by atoms with Crippen molar-refractivity contribution in [3.63, 3.8) is 0 Å². The fourth-order valence-corrected chi connectivity index (χ4v) is 4.59. The third-order valence-electron chi connectivity index (χ3n) is 5.37. The van der Waals surface area contributed by atoms with Gasteiger partial charge >= 0.3 is 6.18 Å². The number of nitrogens with zero attached hydrogens (tertiary/aromatic N) is 5. The molecule has 162 valence electrons. The van der Waals surface area contributed by atoms with Crippen molar-refractivity contribution in [3.05, 3.63) is 11.9 Å². The highest BCUT2D eigenvalue weighted by Gasteiger charge is 2.41. The number of rotatable bonds is 5. The summed E-state index contributed by atoms with van der Waals surface area (Å²) in [5.74, 6) is -0.716.